The number of carbonyl (C=O) groups excluding carboxylic acids is 1. The number of rotatable bonds is 3. The van der Waals surface area contributed by atoms with Gasteiger partial charge in [0.1, 0.15) is 6.10 Å². The van der Waals surface area contributed by atoms with Gasteiger partial charge in [0.2, 0.25) is 0 Å². The summed E-state index contributed by atoms with van der Waals surface area (Å²) in [5.74, 6) is 0.128. The molecule has 0 bridgehead atoms. The predicted molar refractivity (Wildman–Crippen MR) is 61.0 cm³/mol. The maximum absolute atomic E-state index is 11.5. The summed E-state index contributed by atoms with van der Waals surface area (Å²) in [6.07, 6.45) is 0.503. The molecule has 0 saturated carbocycles. The van der Waals surface area contributed by atoms with Crippen LogP contribution in [-0.4, -0.2) is 37.7 Å². The summed E-state index contributed by atoms with van der Waals surface area (Å²) in [5.41, 5.74) is -0.677. The van der Waals surface area contributed by atoms with Crippen LogP contribution in [0.2, 0.25) is 0 Å². The van der Waals surface area contributed by atoms with Crippen molar-refractivity contribution >= 4 is 15.9 Å². The van der Waals surface area contributed by atoms with Gasteiger partial charge < -0.3 is 10.1 Å². The molecule has 1 amide bonds. The summed E-state index contributed by atoms with van der Waals surface area (Å²) in [6.45, 7) is 5.45. The first-order valence-electron chi connectivity index (χ1n) is 5.45. The van der Waals surface area contributed by atoms with Crippen molar-refractivity contribution in [2.45, 2.75) is 45.3 Å². The highest BCUT2D eigenvalue weighted by molar-refractivity contribution is 7.91. The van der Waals surface area contributed by atoms with Crippen molar-refractivity contribution in [3.05, 3.63) is 0 Å². The van der Waals surface area contributed by atoms with E-state index in [4.69, 9.17) is 4.74 Å². The van der Waals surface area contributed by atoms with Crippen LogP contribution in [0.15, 0.2) is 0 Å². The molecule has 1 fully saturated rings. The van der Waals surface area contributed by atoms with Crippen LogP contribution < -0.4 is 5.32 Å². The highest BCUT2D eigenvalue weighted by Crippen LogP contribution is 2.22. The Morgan fingerprint density at radius 2 is 2.19 bits per heavy atom. The summed E-state index contributed by atoms with van der Waals surface area (Å²) < 4.78 is 27.7. The molecule has 0 aromatic rings. The molecule has 16 heavy (non-hydrogen) atoms. The van der Waals surface area contributed by atoms with E-state index >= 15 is 0 Å². The fourth-order valence-corrected chi connectivity index (χ4v) is 3.74. The molecule has 0 aromatic carbocycles. The minimum Gasteiger partial charge on any atom is -0.447 e. The molecule has 2 atom stereocenters. The second kappa shape index (κ2) is 4.61. The number of carbonyl (C=O) groups is 1. The lowest BCUT2D eigenvalue weighted by Gasteiger charge is -2.24. The molecule has 1 saturated heterocycles. The van der Waals surface area contributed by atoms with E-state index in [0.29, 0.717) is 6.42 Å². The molecule has 1 aliphatic rings. The second-order valence-corrected chi connectivity index (χ2v) is 6.84. The molecule has 0 radical (unpaired) electrons. The van der Waals surface area contributed by atoms with Crippen LogP contribution >= 0.6 is 0 Å². The maximum atomic E-state index is 11.5. The van der Waals surface area contributed by atoms with Gasteiger partial charge in [-0.15, -0.1) is 0 Å². The Morgan fingerprint density at radius 1 is 1.56 bits per heavy atom. The molecule has 0 aliphatic carbocycles. The van der Waals surface area contributed by atoms with Crippen LogP contribution in [0.4, 0.5) is 4.79 Å². The van der Waals surface area contributed by atoms with Gasteiger partial charge in [-0.3, -0.25) is 0 Å². The molecule has 1 N–H and O–H groups in total. The van der Waals surface area contributed by atoms with Crippen molar-refractivity contribution in [2.75, 3.05) is 11.5 Å². The highest BCUT2D eigenvalue weighted by Gasteiger charge is 2.39. The highest BCUT2D eigenvalue weighted by atomic mass is 32.2. The third-order valence-electron chi connectivity index (χ3n) is 2.79. The smallest absolute Gasteiger partial charge is 0.407 e. The lowest BCUT2D eigenvalue weighted by atomic mass is 10.0. The number of alkyl carbamates (subject to hydrolysis) is 1. The maximum Gasteiger partial charge on any atom is 0.407 e. The molecule has 5 nitrogen and oxygen atoms in total. The standard InChI is InChI=1S/C10H19NO4S/c1-4-8(2)15-9(12)11-10(3)5-6-16(13,14)7-10/h8H,4-7H2,1-3H3,(H,11,12)/t8-,10+/m1/s1. The zero-order valence-electron chi connectivity index (χ0n) is 9.95. The van der Waals surface area contributed by atoms with E-state index in [1.165, 1.54) is 0 Å². The Kier molecular flexibility index (Phi) is 3.83. The van der Waals surface area contributed by atoms with Crippen LogP contribution in [0.1, 0.15) is 33.6 Å². The average Bonchev–Trinajstić information content (AvgIpc) is 2.39. The zero-order chi connectivity index (χ0) is 12.4. The average molecular weight is 249 g/mol. The van der Waals surface area contributed by atoms with E-state index in [0.717, 1.165) is 6.42 Å². The van der Waals surface area contributed by atoms with Crippen molar-refractivity contribution in [1.82, 2.24) is 5.32 Å². The third-order valence-corrected chi connectivity index (χ3v) is 4.69. The fraction of sp³-hybridized carbons (Fsp3) is 0.900. The minimum absolute atomic E-state index is 0.00436. The number of hydrogen-bond donors (Lipinski definition) is 1. The Bertz CT molecular complexity index is 365. The molecule has 1 aliphatic heterocycles. The summed E-state index contributed by atoms with van der Waals surface area (Å²) >= 11 is 0. The molecule has 0 unspecified atom stereocenters. The van der Waals surface area contributed by atoms with Crippen molar-refractivity contribution in [2.24, 2.45) is 0 Å². The molecule has 1 rings (SSSR count). The predicted octanol–water partition coefficient (Wildman–Crippen LogP) is 1.09. The van der Waals surface area contributed by atoms with Crippen molar-refractivity contribution in [3.8, 4) is 0 Å². The summed E-state index contributed by atoms with van der Waals surface area (Å²) in [4.78, 5) is 11.5. The van der Waals surface area contributed by atoms with Gasteiger partial charge in [-0.2, -0.15) is 0 Å². The molecular formula is C10H19NO4S. The lowest BCUT2D eigenvalue weighted by Crippen LogP contribution is -2.47. The van der Waals surface area contributed by atoms with E-state index in [1.54, 1.807) is 13.8 Å². The quantitative estimate of drug-likeness (QED) is 0.812. The first kappa shape index (κ1) is 13.3. The van der Waals surface area contributed by atoms with E-state index in [9.17, 15) is 13.2 Å². The monoisotopic (exact) mass is 249 g/mol. The fourth-order valence-electron chi connectivity index (χ4n) is 1.65. The van der Waals surface area contributed by atoms with Crippen molar-refractivity contribution < 1.29 is 17.9 Å². The van der Waals surface area contributed by atoms with E-state index in [1.807, 2.05) is 6.92 Å². The lowest BCUT2D eigenvalue weighted by molar-refractivity contribution is 0.0972. The van der Waals surface area contributed by atoms with Gasteiger partial charge in [0.15, 0.2) is 9.84 Å². The van der Waals surface area contributed by atoms with Gasteiger partial charge in [0.05, 0.1) is 17.0 Å². The SMILES string of the molecule is CC[C@@H](C)OC(=O)N[C@@]1(C)CCS(=O)(=O)C1. The molecule has 0 spiro atoms. The number of ether oxygens (including phenoxy) is 1. The second-order valence-electron chi connectivity index (χ2n) is 4.65. The van der Waals surface area contributed by atoms with Gasteiger partial charge in [-0.1, -0.05) is 6.92 Å². The van der Waals surface area contributed by atoms with Gasteiger partial charge in [-0.05, 0) is 26.7 Å². The van der Waals surface area contributed by atoms with Gasteiger partial charge >= 0.3 is 6.09 Å². The molecule has 0 aromatic heterocycles. The van der Waals surface area contributed by atoms with Gasteiger partial charge in [0.25, 0.3) is 0 Å². The van der Waals surface area contributed by atoms with Crippen LogP contribution in [0.25, 0.3) is 0 Å². The van der Waals surface area contributed by atoms with Crippen LogP contribution in [0.3, 0.4) is 0 Å². The summed E-state index contributed by atoms with van der Waals surface area (Å²) in [5, 5.41) is 2.64. The van der Waals surface area contributed by atoms with Crippen LogP contribution in [0, 0.1) is 0 Å². The molecular weight excluding hydrogens is 230 g/mol. The first-order chi connectivity index (χ1) is 7.26. The molecule has 1 heterocycles. The minimum atomic E-state index is -3.00. The number of amides is 1. The largest absolute Gasteiger partial charge is 0.447 e. The Labute approximate surface area is 96.5 Å². The molecule has 94 valence electrons. The van der Waals surface area contributed by atoms with Gasteiger partial charge in [-0.25, -0.2) is 13.2 Å². The number of hydrogen-bond acceptors (Lipinski definition) is 4. The van der Waals surface area contributed by atoms with Crippen LogP contribution in [0.5, 0.6) is 0 Å². The topological polar surface area (TPSA) is 72.5 Å². The van der Waals surface area contributed by atoms with Gasteiger partial charge in [0, 0.05) is 0 Å². The number of nitrogens with one attached hydrogen (secondary N) is 1. The summed E-state index contributed by atoms with van der Waals surface area (Å²) in [7, 11) is -3.00. The summed E-state index contributed by atoms with van der Waals surface area (Å²) in [6, 6.07) is 0. The van der Waals surface area contributed by atoms with E-state index in [2.05, 4.69) is 5.32 Å². The number of sulfone groups is 1. The van der Waals surface area contributed by atoms with Crippen molar-refractivity contribution in [3.63, 3.8) is 0 Å². The Hall–Kier alpha value is -0.780. The zero-order valence-corrected chi connectivity index (χ0v) is 10.8. The van der Waals surface area contributed by atoms with E-state index in [-0.39, 0.29) is 17.6 Å². The Balaban J connectivity index is 2.52. The normalized spacial score (nSPS) is 29.7. The van der Waals surface area contributed by atoms with Crippen molar-refractivity contribution in [1.29, 1.82) is 0 Å². The third kappa shape index (κ3) is 3.66. The molecule has 6 heteroatoms. The Morgan fingerprint density at radius 3 is 2.62 bits per heavy atom. The van der Waals surface area contributed by atoms with Crippen LogP contribution in [-0.2, 0) is 14.6 Å². The first-order valence-corrected chi connectivity index (χ1v) is 7.28. The van der Waals surface area contributed by atoms with E-state index < -0.39 is 21.5 Å².